The molecule has 0 aliphatic rings. The number of carbonyl (C=O) groups excluding carboxylic acids is 3. The average molecular weight is 333 g/mol. The first-order valence-electron chi connectivity index (χ1n) is 8.19. The molecule has 0 unspecified atom stereocenters. The highest BCUT2D eigenvalue weighted by Crippen LogP contribution is 2.04. The van der Waals surface area contributed by atoms with E-state index in [4.69, 9.17) is 0 Å². The third-order valence-electron chi connectivity index (χ3n) is 3.61. The van der Waals surface area contributed by atoms with Gasteiger partial charge in [0.15, 0.2) is 0 Å². The maximum atomic E-state index is 12.2. The van der Waals surface area contributed by atoms with Crippen molar-refractivity contribution in [3.8, 4) is 0 Å². The van der Waals surface area contributed by atoms with Gasteiger partial charge in [-0.1, -0.05) is 44.2 Å². The molecule has 1 aromatic rings. The Hall–Kier alpha value is -2.21. The summed E-state index contributed by atoms with van der Waals surface area (Å²) in [6.07, 6.45) is 1.84. The maximum absolute atomic E-state index is 12.2. The van der Waals surface area contributed by atoms with Gasteiger partial charge in [-0.2, -0.15) is 0 Å². The summed E-state index contributed by atoms with van der Waals surface area (Å²) in [6.45, 7) is 3.81. The van der Waals surface area contributed by atoms with Crippen LogP contribution in [0.2, 0.25) is 0 Å². The van der Waals surface area contributed by atoms with Crippen molar-refractivity contribution in [1.82, 2.24) is 16.0 Å². The second-order valence-corrected chi connectivity index (χ2v) is 6.19. The molecule has 6 heteroatoms. The predicted molar refractivity (Wildman–Crippen MR) is 93.5 cm³/mol. The summed E-state index contributed by atoms with van der Waals surface area (Å²) in [5.74, 6) is -0.312. The van der Waals surface area contributed by atoms with Crippen molar-refractivity contribution >= 4 is 18.1 Å². The molecular formula is C18H27N3O3. The van der Waals surface area contributed by atoms with Crippen molar-refractivity contribution in [2.45, 2.75) is 38.8 Å². The van der Waals surface area contributed by atoms with Crippen LogP contribution in [0.25, 0.3) is 0 Å². The number of amides is 2. The molecule has 0 heterocycles. The second-order valence-electron chi connectivity index (χ2n) is 6.19. The number of hydrogen-bond acceptors (Lipinski definition) is 4. The van der Waals surface area contributed by atoms with Gasteiger partial charge in [0, 0.05) is 0 Å². The fourth-order valence-electron chi connectivity index (χ4n) is 2.38. The zero-order chi connectivity index (χ0) is 17.9. The van der Waals surface area contributed by atoms with E-state index in [0.29, 0.717) is 18.8 Å². The maximum Gasteiger partial charge on any atom is 0.239 e. The van der Waals surface area contributed by atoms with Crippen molar-refractivity contribution in [1.29, 1.82) is 0 Å². The average Bonchev–Trinajstić information content (AvgIpc) is 2.57. The van der Waals surface area contributed by atoms with Gasteiger partial charge in [0.25, 0.3) is 0 Å². The van der Waals surface area contributed by atoms with Crippen molar-refractivity contribution in [2.75, 3.05) is 13.6 Å². The van der Waals surface area contributed by atoms with Crippen LogP contribution >= 0.6 is 0 Å². The second kappa shape index (κ2) is 10.5. The van der Waals surface area contributed by atoms with Gasteiger partial charge in [-0.15, -0.1) is 0 Å². The van der Waals surface area contributed by atoms with Gasteiger partial charge >= 0.3 is 0 Å². The third kappa shape index (κ3) is 7.37. The Balaban J connectivity index is 2.45. The minimum Gasteiger partial charge on any atom is -0.346 e. The smallest absolute Gasteiger partial charge is 0.239 e. The van der Waals surface area contributed by atoms with Crippen molar-refractivity contribution < 1.29 is 14.4 Å². The molecule has 0 saturated heterocycles. The van der Waals surface area contributed by atoms with Crippen LogP contribution in [-0.4, -0.2) is 43.8 Å². The van der Waals surface area contributed by atoms with E-state index in [1.54, 1.807) is 7.05 Å². The molecule has 2 amide bonds. The minimum absolute atomic E-state index is 0.145. The third-order valence-corrected chi connectivity index (χ3v) is 3.61. The lowest BCUT2D eigenvalue weighted by Crippen LogP contribution is -2.48. The standard InChI is InChI=1S/C18H27N3O3/c1-13(2)9-15(12-22)21-17(23)11-20-18(24)16(19-3)10-14-7-5-4-6-8-14/h4-8,12-13,15-16,19H,9-11H2,1-3H3,(H,20,24)(H,21,23)/t15-,16-/m1/s1. The highest BCUT2D eigenvalue weighted by atomic mass is 16.2. The summed E-state index contributed by atoms with van der Waals surface area (Å²) in [5.41, 5.74) is 1.04. The number of likely N-dealkylation sites (N-methyl/N-ethyl adjacent to an activating group) is 1. The zero-order valence-corrected chi connectivity index (χ0v) is 14.5. The molecule has 3 N–H and O–H groups in total. The van der Waals surface area contributed by atoms with E-state index in [9.17, 15) is 14.4 Å². The molecule has 6 nitrogen and oxygen atoms in total. The van der Waals surface area contributed by atoms with Crippen LogP contribution in [0.3, 0.4) is 0 Å². The lowest BCUT2D eigenvalue weighted by Gasteiger charge is -2.18. The Kier molecular flexibility index (Phi) is 8.71. The SMILES string of the molecule is CN[C@H](Cc1ccccc1)C(=O)NCC(=O)N[C@@H](C=O)CC(C)C. The molecule has 0 spiro atoms. The first-order valence-corrected chi connectivity index (χ1v) is 8.19. The quantitative estimate of drug-likeness (QED) is 0.549. The Labute approximate surface area is 143 Å². The van der Waals surface area contributed by atoms with Crippen LogP contribution in [-0.2, 0) is 20.8 Å². The van der Waals surface area contributed by atoms with E-state index in [-0.39, 0.29) is 18.4 Å². The number of rotatable bonds is 10. The molecule has 132 valence electrons. The van der Waals surface area contributed by atoms with Crippen molar-refractivity contribution in [2.24, 2.45) is 5.92 Å². The van der Waals surface area contributed by atoms with Gasteiger partial charge in [-0.3, -0.25) is 9.59 Å². The molecule has 0 fully saturated rings. The van der Waals surface area contributed by atoms with E-state index in [2.05, 4.69) is 16.0 Å². The molecule has 2 atom stereocenters. The van der Waals surface area contributed by atoms with Crippen LogP contribution in [0.1, 0.15) is 25.8 Å². The van der Waals surface area contributed by atoms with Crippen LogP contribution in [0.15, 0.2) is 30.3 Å². The first kappa shape index (κ1) is 19.8. The Morgan fingerprint density at radius 2 is 1.83 bits per heavy atom. The summed E-state index contributed by atoms with van der Waals surface area (Å²) in [5, 5.41) is 8.18. The molecule has 0 aliphatic carbocycles. The van der Waals surface area contributed by atoms with Crippen LogP contribution in [0, 0.1) is 5.92 Å². The van der Waals surface area contributed by atoms with Crippen LogP contribution in [0.4, 0.5) is 0 Å². The van der Waals surface area contributed by atoms with Crippen LogP contribution < -0.4 is 16.0 Å². The largest absolute Gasteiger partial charge is 0.346 e. The summed E-state index contributed by atoms with van der Waals surface area (Å²) in [6, 6.07) is 8.72. The Morgan fingerprint density at radius 3 is 2.38 bits per heavy atom. The van der Waals surface area contributed by atoms with Crippen molar-refractivity contribution in [3.63, 3.8) is 0 Å². The van der Waals surface area contributed by atoms with Gasteiger partial charge in [0.05, 0.1) is 18.6 Å². The van der Waals surface area contributed by atoms with E-state index >= 15 is 0 Å². The lowest BCUT2D eigenvalue weighted by atomic mass is 10.0. The monoisotopic (exact) mass is 333 g/mol. The summed E-state index contributed by atoms with van der Waals surface area (Å²) in [4.78, 5) is 35.0. The number of benzene rings is 1. The highest BCUT2D eigenvalue weighted by Gasteiger charge is 2.18. The fourth-order valence-corrected chi connectivity index (χ4v) is 2.38. The van der Waals surface area contributed by atoms with E-state index in [1.165, 1.54) is 0 Å². The molecule has 0 saturated carbocycles. The molecule has 24 heavy (non-hydrogen) atoms. The van der Waals surface area contributed by atoms with E-state index in [1.807, 2.05) is 44.2 Å². The number of carbonyl (C=O) groups is 3. The first-order chi connectivity index (χ1) is 11.5. The van der Waals surface area contributed by atoms with Gasteiger partial charge in [-0.05, 0) is 31.4 Å². The molecule has 0 radical (unpaired) electrons. The normalized spacial score (nSPS) is 13.2. The molecular weight excluding hydrogens is 306 g/mol. The molecule has 0 aromatic heterocycles. The molecule has 0 aliphatic heterocycles. The van der Waals surface area contributed by atoms with Gasteiger partial charge in [-0.25, -0.2) is 0 Å². The number of aldehydes is 1. The zero-order valence-electron chi connectivity index (χ0n) is 14.5. The van der Waals surface area contributed by atoms with Gasteiger partial charge < -0.3 is 20.7 Å². The molecule has 1 rings (SSSR count). The van der Waals surface area contributed by atoms with Crippen LogP contribution in [0.5, 0.6) is 0 Å². The summed E-state index contributed by atoms with van der Waals surface area (Å²) in [7, 11) is 1.71. The number of hydrogen-bond donors (Lipinski definition) is 3. The molecule has 0 bridgehead atoms. The van der Waals surface area contributed by atoms with E-state index < -0.39 is 12.1 Å². The fraction of sp³-hybridized carbons (Fsp3) is 0.500. The van der Waals surface area contributed by atoms with Gasteiger partial charge in [0.1, 0.15) is 6.29 Å². The lowest BCUT2D eigenvalue weighted by molar-refractivity contribution is -0.128. The van der Waals surface area contributed by atoms with Gasteiger partial charge in [0.2, 0.25) is 11.8 Å². The Bertz CT molecular complexity index is 532. The van der Waals surface area contributed by atoms with Crippen molar-refractivity contribution in [3.05, 3.63) is 35.9 Å². The topological polar surface area (TPSA) is 87.3 Å². The summed E-state index contributed by atoms with van der Waals surface area (Å²) < 4.78 is 0. The summed E-state index contributed by atoms with van der Waals surface area (Å²) >= 11 is 0. The highest BCUT2D eigenvalue weighted by molar-refractivity contribution is 5.88. The number of nitrogens with one attached hydrogen (secondary N) is 3. The predicted octanol–water partition coefficient (Wildman–Crippen LogP) is 0.663. The molecule has 1 aromatic carbocycles. The minimum atomic E-state index is -0.515. The Morgan fingerprint density at radius 1 is 1.17 bits per heavy atom. The van der Waals surface area contributed by atoms with E-state index in [0.717, 1.165) is 11.8 Å².